The maximum atomic E-state index is 12.2. The van der Waals surface area contributed by atoms with Crippen LogP contribution in [0.4, 0.5) is 11.4 Å². The molecule has 0 radical (unpaired) electrons. The van der Waals surface area contributed by atoms with Crippen molar-refractivity contribution >= 4 is 23.2 Å². The molecule has 6 heteroatoms. The van der Waals surface area contributed by atoms with E-state index < -0.39 is 0 Å². The quantitative estimate of drug-likeness (QED) is 0.511. The molecular weight excluding hydrogens is 378 g/mol. The van der Waals surface area contributed by atoms with Gasteiger partial charge in [-0.15, -0.1) is 0 Å². The van der Waals surface area contributed by atoms with Gasteiger partial charge in [-0.3, -0.25) is 9.59 Å². The summed E-state index contributed by atoms with van der Waals surface area (Å²) >= 11 is 0. The number of benzene rings is 2. The number of hydrogen-bond acceptors (Lipinski definition) is 4. The van der Waals surface area contributed by atoms with Crippen molar-refractivity contribution in [2.24, 2.45) is 5.73 Å². The van der Waals surface area contributed by atoms with Gasteiger partial charge in [0.05, 0.1) is 0 Å². The fourth-order valence-electron chi connectivity index (χ4n) is 3.92. The predicted octanol–water partition coefficient (Wildman–Crippen LogP) is 4.25. The molecule has 0 aliphatic heterocycles. The molecule has 0 saturated carbocycles. The summed E-state index contributed by atoms with van der Waals surface area (Å²) < 4.78 is 5.40. The van der Waals surface area contributed by atoms with Crippen LogP contribution < -0.4 is 16.4 Å². The van der Waals surface area contributed by atoms with Crippen molar-refractivity contribution in [3.63, 3.8) is 0 Å². The standard InChI is InChI=1S/C24H31N3O3/c1-3-5-12-30-15-24(29)27-17-7-9-20-19-8-6-16(26-23(28)10-11-25)13-21(19)18(4-2)22(20)14-17/h6-9,13-14,18H,3-5,10-12,15,25H2,1-2H3,(H,26,28)(H,27,29). The number of rotatable bonds is 10. The highest BCUT2D eigenvalue weighted by molar-refractivity contribution is 5.94. The highest BCUT2D eigenvalue weighted by Crippen LogP contribution is 2.48. The maximum absolute atomic E-state index is 12.2. The van der Waals surface area contributed by atoms with Crippen LogP contribution in [-0.2, 0) is 14.3 Å². The van der Waals surface area contributed by atoms with E-state index in [-0.39, 0.29) is 24.3 Å². The van der Waals surface area contributed by atoms with Crippen LogP contribution in [0.2, 0.25) is 0 Å². The van der Waals surface area contributed by atoms with Crippen molar-refractivity contribution in [3.05, 3.63) is 47.5 Å². The third-order valence-electron chi connectivity index (χ3n) is 5.37. The second-order valence-corrected chi connectivity index (χ2v) is 7.61. The van der Waals surface area contributed by atoms with Gasteiger partial charge in [0.1, 0.15) is 6.61 Å². The van der Waals surface area contributed by atoms with Crippen molar-refractivity contribution in [1.29, 1.82) is 0 Å². The predicted molar refractivity (Wildman–Crippen MR) is 121 cm³/mol. The zero-order valence-corrected chi connectivity index (χ0v) is 17.8. The van der Waals surface area contributed by atoms with E-state index >= 15 is 0 Å². The van der Waals surface area contributed by atoms with E-state index in [1.807, 2.05) is 12.1 Å². The minimum Gasteiger partial charge on any atom is -0.372 e. The average molecular weight is 410 g/mol. The second-order valence-electron chi connectivity index (χ2n) is 7.61. The van der Waals surface area contributed by atoms with E-state index in [9.17, 15) is 9.59 Å². The van der Waals surface area contributed by atoms with Crippen molar-refractivity contribution < 1.29 is 14.3 Å². The van der Waals surface area contributed by atoms with Crippen molar-refractivity contribution in [3.8, 4) is 11.1 Å². The molecule has 0 heterocycles. The number of carbonyl (C=O) groups is 2. The van der Waals surface area contributed by atoms with Crippen molar-refractivity contribution in [2.75, 3.05) is 30.4 Å². The normalized spacial score (nSPS) is 14.2. The van der Waals surface area contributed by atoms with Crippen LogP contribution in [0.15, 0.2) is 36.4 Å². The zero-order chi connectivity index (χ0) is 21.5. The Morgan fingerprint density at radius 1 is 0.967 bits per heavy atom. The maximum Gasteiger partial charge on any atom is 0.250 e. The van der Waals surface area contributed by atoms with Crippen molar-refractivity contribution in [2.45, 2.75) is 45.4 Å². The summed E-state index contributed by atoms with van der Waals surface area (Å²) in [6.45, 7) is 5.24. The van der Waals surface area contributed by atoms with Gasteiger partial charge in [0, 0.05) is 36.9 Å². The summed E-state index contributed by atoms with van der Waals surface area (Å²) in [5.41, 5.74) is 11.8. The van der Waals surface area contributed by atoms with Crippen LogP contribution >= 0.6 is 0 Å². The number of carbonyl (C=O) groups excluding carboxylic acids is 2. The number of nitrogens with two attached hydrogens (primary N) is 1. The largest absolute Gasteiger partial charge is 0.372 e. The molecule has 4 N–H and O–H groups in total. The Morgan fingerprint density at radius 2 is 1.57 bits per heavy atom. The minimum atomic E-state index is -0.139. The summed E-state index contributed by atoms with van der Waals surface area (Å²) in [6.07, 6.45) is 3.23. The Balaban J connectivity index is 1.75. The van der Waals surface area contributed by atoms with Crippen LogP contribution in [-0.4, -0.2) is 31.6 Å². The first kappa shape index (κ1) is 22.0. The van der Waals surface area contributed by atoms with Gasteiger partial charge < -0.3 is 21.1 Å². The molecule has 0 saturated heterocycles. The topological polar surface area (TPSA) is 93.5 Å². The van der Waals surface area contributed by atoms with Gasteiger partial charge in [-0.25, -0.2) is 0 Å². The van der Waals surface area contributed by atoms with Gasteiger partial charge in [-0.1, -0.05) is 32.4 Å². The number of fused-ring (bicyclic) bond motifs is 3. The summed E-state index contributed by atoms with van der Waals surface area (Å²) in [4.78, 5) is 24.1. The van der Waals surface area contributed by atoms with E-state index in [1.165, 1.54) is 22.3 Å². The summed E-state index contributed by atoms with van der Waals surface area (Å²) in [5, 5.41) is 5.86. The zero-order valence-electron chi connectivity index (χ0n) is 17.8. The molecule has 3 rings (SSSR count). The second kappa shape index (κ2) is 10.4. The lowest BCUT2D eigenvalue weighted by Gasteiger charge is -2.13. The van der Waals surface area contributed by atoms with Gasteiger partial charge in [0.25, 0.3) is 0 Å². The Bertz CT molecular complexity index is 911. The lowest BCUT2D eigenvalue weighted by molar-refractivity contribution is -0.120. The molecule has 160 valence electrons. The van der Waals surface area contributed by atoms with E-state index in [1.54, 1.807) is 0 Å². The summed E-state index contributed by atoms with van der Waals surface area (Å²) in [6, 6.07) is 12.1. The first-order chi connectivity index (χ1) is 14.6. The molecule has 30 heavy (non-hydrogen) atoms. The Labute approximate surface area is 178 Å². The van der Waals surface area contributed by atoms with E-state index in [2.05, 4.69) is 48.7 Å². The number of amides is 2. The Kier molecular flexibility index (Phi) is 7.60. The molecule has 2 amide bonds. The number of nitrogens with one attached hydrogen (secondary N) is 2. The number of anilines is 2. The van der Waals surface area contributed by atoms with Crippen molar-refractivity contribution in [1.82, 2.24) is 0 Å². The van der Waals surface area contributed by atoms with E-state index in [4.69, 9.17) is 10.5 Å². The Hall–Kier alpha value is -2.70. The molecule has 2 aromatic rings. The molecule has 0 spiro atoms. The van der Waals surface area contributed by atoms with Crippen LogP contribution in [0.1, 0.15) is 56.6 Å². The highest BCUT2D eigenvalue weighted by atomic mass is 16.5. The Morgan fingerprint density at radius 3 is 2.10 bits per heavy atom. The molecule has 1 unspecified atom stereocenters. The van der Waals surface area contributed by atoms with Gasteiger partial charge >= 0.3 is 0 Å². The lowest BCUT2D eigenvalue weighted by Crippen LogP contribution is -2.18. The average Bonchev–Trinajstić information content (AvgIpc) is 3.03. The highest BCUT2D eigenvalue weighted by Gasteiger charge is 2.28. The summed E-state index contributed by atoms with van der Waals surface area (Å²) in [7, 11) is 0. The lowest BCUT2D eigenvalue weighted by atomic mass is 9.94. The van der Waals surface area contributed by atoms with E-state index in [0.29, 0.717) is 19.6 Å². The number of hydrogen-bond donors (Lipinski definition) is 3. The molecule has 2 aromatic carbocycles. The van der Waals surface area contributed by atoms with Gasteiger partial charge in [-0.2, -0.15) is 0 Å². The molecule has 0 aromatic heterocycles. The number of ether oxygens (including phenoxy) is 1. The molecule has 6 nitrogen and oxygen atoms in total. The van der Waals surface area contributed by atoms with Crippen LogP contribution in [0, 0.1) is 0 Å². The molecule has 1 aliphatic carbocycles. The third kappa shape index (κ3) is 5.07. The van der Waals surface area contributed by atoms with Crippen LogP contribution in [0.25, 0.3) is 11.1 Å². The minimum absolute atomic E-state index is 0.0698. The first-order valence-electron chi connectivity index (χ1n) is 10.7. The fourth-order valence-corrected chi connectivity index (χ4v) is 3.92. The molecule has 0 fully saturated rings. The monoisotopic (exact) mass is 409 g/mol. The molecular formula is C24H31N3O3. The third-order valence-corrected chi connectivity index (χ3v) is 5.37. The smallest absolute Gasteiger partial charge is 0.250 e. The van der Waals surface area contributed by atoms with Gasteiger partial charge in [-0.05, 0) is 59.4 Å². The summed E-state index contributed by atoms with van der Waals surface area (Å²) in [5.74, 6) is 0.00527. The first-order valence-corrected chi connectivity index (χ1v) is 10.7. The van der Waals surface area contributed by atoms with Crippen LogP contribution in [0.5, 0.6) is 0 Å². The van der Waals surface area contributed by atoms with Gasteiger partial charge in [0.2, 0.25) is 11.8 Å². The fraction of sp³-hybridized carbons (Fsp3) is 0.417. The molecule has 1 atom stereocenters. The number of unbranched alkanes of at least 4 members (excludes halogenated alkanes) is 1. The SMILES string of the molecule is CCCCOCC(=O)Nc1ccc2c(c1)C(CC)c1cc(NC(=O)CCN)ccc1-2. The molecule has 1 aliphatic rings. The van der Waals surface area contributed by atoms with Crippen LogP contribution in [0.3, 0.4) is 0 Å². The van der Waals surface area contributed by atoms with Gasteiger partial charge in [0.15, 0.2) is 0 Å². The molecule has 0 bridgehead atoms. The van der Waals surface area contributed by atoms with E-state index in [0.717, 1.165) is 30.6 Å².